The molecule has 1 unspecified atom stereocenters. The maximum absolute atomic E-state index is 12.8. The number of ether oxygens (including phenoxy) is 2. The number of benzene rings is 2. The maximum atomic E-state index is 12.8. The molecule has 0 saturated heterocycles. The molecule has 0 heterocycles. The molecule has 0 N–H and O–H groups in total. The first-order valence-electron chi connectivity index (χ1n) is 9.95. The second kappa shape index (κ2) is 11.0. The van der Waals surface area contributed by atoms with Crippen LogP contribution in [0.25, 0.3) is 0 Å². The first-order chi connectivity index (χ1) is 13.9. The monoisotopic (exact) mass is 418 g/mol. The van der Waals surface area contributed by atoms with E-state index in [2.05, 4.69) is 0 Å². The minimum absolute atomic E-state index is 0.239. The van der Waals surface area contributed by atoms with Gasteiger partial charge in [-0.25, -0.2) is 9.59 Å². The van der Waals surface area contributed by atoms with Crippen LogP contribution in [0.1, 0.15) is 42.8 Å². The summed E-state index contributed by atoms with van der Waals surface area (Å²) in [5.41, 5.74) is 1.33. The molecule has 0 saturated carbocycles. The quantitative estimate of drug-likeness (QED) is 0.416. The summed E-state index contributed by atoms with van der Waals surface area (Å²) < 4.78 is 11.6. The molecule has 2 aromatic carbocycles. The van der Waals surface area contributed by atoms with E-state index in [1.807, 2.05) is 44.2 Å². The summed E-state index contributed by atoms with van der Waals surface area (Å²) in [5.74, 6) is -0.663. The van der Waals surface area contributed by atoms with Gasteiger partial charge in [-0.1, -0.05) is 41.9 Å². The molecular weight excluding hydrogens is 390 g/mol. The van der Waals surface area contributed by atoms with Crippen LogP contribution in [0.5, 0.6) is 0 Å². The van der Waals surface area contributed by atoms with E-state index in [1.54, 1.807) is 31.2 Å². The summed E-state index contributed by atoms with van der Waals surface area (Å²) in [6, 6.07) is 16.2. The lowest BCUT2D eigenvalue weighted by Crippen LogP contribution is -2.53. The second-order valence-electron chi connectivity index (χ2n) is 6.93. The lowest BCUT2D eigenvalue weighted by molar-refractivity contribution is -0.921. The third-order valence-electron chi connectivity index (χ3n) is 5.17. The Bertz CT molecular complexity index is 788. The Balaban J connectivity index is 2.28. The van der Waals surface area contributed by atoms with Crippen molar-refractivity contribution in [3.05, 3.63) is 70.7 Å². The number of esters is 2. The van der Waals surface area contributed by atoms with Crippen LogP contribution in [0, 0.1) is 0 Å². The molecule has 5 nitrogen and oxygen atoms in total. The van der Waals surface area contributed by atoms with E-state index in [1.165, 1.54) is 0 Å². The molecule has 0 amide bonds. The summed E-state index contributed by atoms with van der Waals surface area (Å²) in [5, 5.41) is 0.559. The number of quaternary nitrogens is 1. The van der Waals surface area contributed by atoms with Crippen LogP contribution >= 0.6 is 11.6 Å². The maximum Gasteiger partial charge on any atom is 0.361 e. The second-order valence-corrected chi connectivity index (χ2v) is 7.37. The molecule has 0 radical (unpaired) electrons. The number of nitrogens with zero attached hydrogens (tertiary/aromatic N) is 1. The van der Waals surface area contributed by atoms with Gasteiger partial charge in [-0.3, -0.25) is 0 Å². The number of hydrogen-bond donors (Lipinski definition) is 0. The normalized spacial score (nSPS) is 12.3. The van der Waals surface area contributed by atoms with Crippen LogP contribution in [-0.2, 0) is 14.3 Å². The third-order valence-corrected chi connectivity index (χ3v) is 5.42. The van der Waals surface area contributed by atoms with Gasteiger partial charge in [0.1, 0.15) is 6.54 Å². The van der Waals surface area contributed by atoms with E-state index >= 15 is 0 Å². The van der Waals surface area contributed by atoms with Gasteiger partial charge in [0.15, 0.2) is 12.6 Å². The predicted molar refractivity (Wildman–Crippen MR) is 114 cm³/mol. The van der Waals surface area contributed by atoms with Crippen molar-refractivity contribution in [3.63, 3.8) is 0 Å². The fraction of sp³-hybridized carbons (Fsp3) is 0.391. The molecule has 0 aliphatic heterocycles. The van der Waals surface area contributed by atoms with Crippen molar-refractivity contribution in [1.29, 1.82) is 0 Å². The van der Waals surface area contributed by atoms with E-state index in [9.17, 15) is 9.59 Å². The number of likely N-dealkylation sites (N-methyl/N-ethyl adjacent to an activating group) is 1. The molecule has 0 spiro atoms. The highest BCUT2D eigenvalue weighted by molar-refractivity contribution is 6.30. The number of carbonyl (C=O) groups excluding carboxylic acids is 2. The van der Waals surface area contributed by atoms with E-state index in [0.29, 0.717) is 28.2 Å². The van der Waals surface area contributed by atoms with Gasteiger partial charge in [0.25, 0.3) is 0 Å². The Kier molecular flexibility index (Phi) is 8.68. The molecule has 0 aliphatic carbocycles. The lowest BCUT2D eigenvalue weighted by atomic mass is 10.1. The van der Waals surface area contributed by atoms with Crippen LogP contribution in [0.4, 0.5) is 0 Å². The molecule has 2 aromatic rings. The largest absolute Gasteiger partial charge is 0.462 e. The first-order valence-corrected chi connectivity index (χ1v) is 10.3. The molecule has 6 heteroatoms. The van der Waals surface area contributed by atoms with Crippen molar-refractivity contribution in [2.24, 2.45) is 0 Å². The molecule has 2 rings (SSSR count). The summed E-state index contributed by atoms with van der Waals surface area (Å²) in [6.07, 6.45) is -0.492. The molecule has 0 aliphatic rings. The molecule has 156 valence electrons. The number of hydrogen-bond acceptors (Lipinski definition) is 4. The van der Waals surface area contributed by atoms with E-state index in [-0.39, 0.29) is 12.5 Å². The van der Waals surface area contributed by atoms with Crippen LogP contribution in [0.2, 0.25) is 5.02 Å². The van der Waals surface area contributed by atoms with Gasteiger partial charge in [0, 0.05) is 5.02 Å². The zero-order chi connectivity index (χ0) is 21.3. The van der Waals surface area contributed by atoms with Crippen molar-refractivity contribution in [2.45, 2.75) is 26.9 Å². The number of halogens is 1. The Labute approximate surface area is 177 Å². The van der Waals surface area contributed by atoms with E-state index in [0.717, 1.165) is 18.7 Å². The smallest absolute Gasteiger partial charge is 0.361 e. The van der Waals surface area contributed by atoms with Crippen LogP contribution in [0.15, 0.2) is 54.6 Å². The van der Waals surface area contributed by atoms with Gasteiger partial charge in [-0.2, -0.15) is 0 Å². The van der Waals surface area contributed by atoms with Gasteiger partial charge in [0.05, 0.1) is 25.3 Å². The highest BCUT2D eigenvalue weighted by Crippen LogP contribution is 2.25. The molecule has 1 atom stereocenters. The first kappa shape index (κ1) is 22.9. The average Bonchev–Trinajstić information content (AvgIpc) is 2.74. The fourth-order valence-electron chi connectivity index (χ4n) is 3.26. The van der Waals surface area contributed by atoms with E-state index < -0.39 is 12.1 Å². The highest BCUT2D eigenvalue weighted by Gasteiger charge is 2.34. The van der Waals surface area contributed by atoms with Crippen molar-refractivity contribution < 1.29 is 23.5 Å². The zero-order valence-electron chi connectivity index (χ0n) is 17.3. The van der Waals surface area contributed by atoms with Crippen LogP contribution < -0.4 is 0 Å². The topological polar surface area (TPSA) is 52.6 Å². The van der Waals surface area contributed by atoms with Crippen molar-refractivity contribution >= 4 is 23.5 Å². The molecule has 29 heavy (non-hydrogen) atoms. The van der Waals surface area contributed by atoms with Gasteiger partial charge in [-0.05, 0) is 50.6 Å². The van der Waals surface area contributed by atoms with Gasteiger partial charge in [0.2, 0.25) is 0 Å². The Morgan fingerprint density at radius 1 is 0.966 bits per heavy atom. The van der Waals surface area contributed by atoms with Crippen LogP contribution in [0.3, 0.4) is 0 Å². The Morgan fingerprint density at radius 2 is 1.59 bits per heavy atom. The average molecular weight is 419 g/mol. The predicted octanol–water partition coefficient (Wildman–Crippen LogP) is 4.66. The highest BCUT2D eigenvalue weighted by atomic mass is 35.5. The van der Waals surface area contributed by atoms with Crippen molar-refractivity contribution in [2.75, 3.05) is 32.8 Å². The minimum atomic E-state index is -0.492. The van der Waals surface area contributed by atoms with Gasteiger partial charge in [-0.15, -0.1) is 0 Å². The van der Waals surface area contributed by atoms with Crippen LogP contribution in [-0.4, -0.2) is 49.2 Å². The summed E-state index contributed by atoms with van der Waals surface area (Å²) in [4.78, 5) is 25.0. The molecule has 0 fully saturated rings. The van der Waals surface area contributed by atoms with E-state index in [4.69, 9.17) is 21.1 Å². The van der Waals surface area contributed by atoms with Gasteiger partial charge < -0.3 is 14.0 Å². The number of rotatable bonds is 10. The number of carbonyl (C=O) groups is 2. The summed E-state index contributed by atoms with van der Waals surface area (Å²) in [6.45, 7) is 8.37. The Morgan fingerprint density at radius 3 is 2.14 bits per heavy atom. The zero-order valence-corrected chi connectivity index (χ0v) is 18.0. The molecule has 0 bridgehead atoms. The van der Waals surface area contributed by atoms with Gasteiger partial charge >= 0.3 is 11.9 Å². The fourth-order valence-corrected chi connectivity index (χ4v) is 3.39. The molecule has 0 aromatic heterocycles. The SMILES string of the molecule is CCOC(=O)C[N+](CC)(CC)CC(OC(=O)c1ccc(Cl)cc1)c1ccccc1. The minimum Gasteiger partial charge on any atom is -0.462 e. The standard InChI is InChI=1S/C23H29ClNO4/c1-4-25(5-2,17-22(26)28-6-3)16-21(18-10-8-7-9-11-18)29-23(27)19-12-14-20(24)15-13-19/h7-15,21H,4-6,16-17H2,1-3H3/q+1. The lowest BCUT2D eigenvalue weighted by Gasteiger charge is -2.38. The molecular formula is C23H29ClNO4+. The Hall–Kier alpha value is -2.37. The van der Waals surface area contributed by atoms with Crippen molar-refractivity contribution in [1.82, 2.24) is 0 Å². The third kappa shape index (κ3) is 6.58. The van der Waals surface area contributed by atoms with Crippen molar-refractivity contribution in [3.8, 4) is 0 Å². The summed E-state index contributed by atoms with van der Waals surface area (Å²) >= 11 is 5.92. The summed E-state index contributed by atoms with van der Waals surface area (Å²) in [7, 11) is 0.